The number of rotatable bonds is 4. The van der Waals surface area contributed by atoms with Crippen LogP contribution in [0.15, 0.2) is 12.1 Å². The maximum Gasteiger partial charge on any atom is 0.418 e. The molecule has 0 bridgehead atoms. The standard InChI is InChI=1S/C12H14F3NOS/c1-7-3-8(5-9(17)6-18-2)11(16)10(4-7)12(13,14)15/h3-4H,5-6,16H2,1-2H3. The van der Waals surface area contributed by atoms with E-state index in [9.17, 15) is 18.0 Å². The highest BCUT2D eigenvalue weighted by Crippen LogP contribution is 2.36. The normalized spacial score (nSPS) is 11.6. The van der Waals surface area contributed by atoms with Crippen molar-refractivity contribution < 1.29 is 18.0 Å². The number of carbonyl (C=O) groups is 1. The van der Waals surface area contributed by atoms with Crippen molar-refractivity contribution in [2.75, 3.05) is 17.7 Å². The average Bonchev–Trinajstić information content (AvgIpc) is 2.21. The number of thioether (sulfide) groups is 1. The third kappa shape index (κ3) is 3.66. The smallest absolute Gasteiger partial charge is 0.398 e. The Kier molecular flexibility index (Phi) is 4.67. The molecule has 0 aliphatic rings. The fraction of sp³-hybridized carbons (Fsp3) is 0.417. The molecule has 0 aliphatic heterocycles. The number of hydrogen-bond donors (Lipinski definition) is 1. The molecule has 0 aromatic heterocycles. The first-order valence-corrected chi connectivity index (χ1v) is 6.62. The number of anilines is 1. The molecule has 0 atom stereocenters. The second kappa shape index (κ2) is 5.65. The van der Waals surface area contributed by atoms with Crippen molar-refractivity contribution in [3.05, 3.63) is 28.8 Å². The van der Waals surface area contributed by atoms with Crippen molar-refractivity contribution in [1.29, 1.82) is 0 Å². The number of aryl methyl sites for hydroxylation is 1. The fourth-order valence-electron chi connectivity index (χ4n) is 1.68. The number of nitrogens with two attached hydrogens (primary N) is 1. The molecule has 0 saturated heterocycles. The van der Waals surface area contributed by atoms with E-state index in [0.717, 1.165) is 6.07 Å². The summed E-state index contributed by atoms with van der Waals surface area (Å²) in [5, 5.41) is 0. The molecule has 0 spiro atoms. The Hall–Kier alpha value is -1.17. The number of nitrogen functional groups attached to an aromatic ring is 1. The lowest BCUT2D eigenvalue weighted by atomic mass is 9.99. The van der Waals surface area contributed by atoms with E-state index in [2.05, 4.69) is 0 Å². The van der Waals surface area contributed by atoms with E-state index in [1.54, 1.807) is 13.2 Å². The van der Waals surface area contributed by atoms with Crippen LogP contribution in [0.1, 0.15) is 16.7 Å². The zero-order chi connectivity index (χ0) is 13.9. The molecule has 0 heterocycles. The van der Waals surface area contributed by atoms with Crippen LogP contribution in [-0.2, 0) is 17.4 Å². The van der Waals surface area contributed by atoms with Gasteiger partial charge < -0.3 is 5.73 Å². The van der Waals surface area contributed by atoms with E-state index >= 15 is 0 Å². The molecule has 1 aromatic carbocycles. The predicted octanol–water partition coefficient (Wildman–Crippen LogP) is 3.07. The van der Waals surface area contributed by atoms with Crippen LogP contribution in [0.4, 0.5) is 18.9 Å². The lowest BCUT2D eigenvalue weighted by molar-refractivity contribution is -0.137. The Morgan fingerprint density at radius 1 is 1.39 bits per heavy atom. The van der Waals surface area contributed by atoms with E-state index in [-0.39, 0.29) is 29.2 Å². The van der Waals surface area contributed by atoms with Crippen LogP contribution >= 0.6 is 11.8 Å². The van der Waals surface area contributed by atoms with Crippen LogP contribution in [0.3, 0.4) is 0 Å². The Bertz CT molecular complexity index is 457. The maximum atomic E-state index is 12.7. The zero-order valence-electron chi connectivity index (χ0n) is 10.1. The van der Waals surface area contributed by atoms with Gasteiger partial charge >= 0.3 is 6.18 Å². The Morgan fingerprint density at radius 2 is 2.00 bits per heavy atom. The van der Waals surface area contributed by atoms with Crippen molar-refractivity contribution in [2.24, 2.45) is 0 Å². The van der Waals surface area contributed by atoms with Gasteiger partial charge in [-0.05, 0) is 24.8 Å². The predicted molar refractivity (Wildman–Crippen MR) is 67.7 cm³/mol. The number of carbonyl (C=O) groups excluding carboxylic acids is 1. The minimum atomic E-state index is -4.49. The molecular formula is C12H14F3NOS. The minimum absolute atomic E-state index is 0.0581. The molecule has 0 fully saturated rings. The van der Waals surface area contributed by atoms with Gasteiger partial charge in [-0.15, -0.1) is 0 Å². The quantitative estimate of drug-likeness (QED) is 0.860. The van der Waals surface area contributed by atoms with E-state index in [4.69, 9.17) is 5.73 Å². The Morgan fingerprint density at radius 3 is 2.50 bits per heavy atom. The topological polar surface area (TPSA) is 43.1 Å². The van der Waals surface area contributed by atoms with Gasteiger partial charge in [-0.3, -0.25) is 4.79 Å². The van der Waals surface area contributed by atoms with Crippen LogP contribution in [0.5, 0.6) is 0 Å². The first-order chi connectivity index (χ1) is 8.25. The third-order valence-corrected chi connectivity index (χ3v) is 3.02. The summed E-state index contributed by atoms with van der Waals surface area (Å²) >= 11 is 1.34. The van der Waals surface area contributed by atoms with Gasteiger partial charge in [-0.1, -0.05) is 11.6 Å². The third-order valence-electron chi connectivity index (χ3n) is 2.41. The number of halogens is 3. The Balaban J connectivity index is 3.14. The number of hydrogen-bond acceptors (Lipinski definition) is 3. The van der Waals surface area contributed by atoms with Gasteiger partial charge in [-0.2, -0.15) is 24.9 Å². The van der Waals surface area contributed by atoms with Gasteiger partial charge in [0, 0.05) is 12.1 Å². The average molecular weight is 277 g/mol. The molecule has 0 amide bonds. The molecule has 1 rings (SSSR count). The molecule has 2 N–H and O–H groups in total. The molecule has 18 heavy (non-hydrogen) atoms. The summed E-state index contributed by atoms with van der Waals surface area (Å²) < 4.78 is 38.2. The van der Waals surface area contributed by atoms with Gasteiger partial charge in [0.1, 0.15) is 5.78 Å². The molecule has 0 unspecified atom stereocenters. The summed E-state index contributed by atoms with van der Waals surface area (Å²) in [5.41, 5.74) is 4.99. The molecule has 6 heteroatoms. The van der Waals surface area contributed by atoms with E-state index in [1.807, 2.05) is 0 Å². The van der Waals surface area contributed by atoms with Gasteiger partial charge in [0.25, 0.3) is 0 Å². The summed E-state index contributed by atoms with van der Waals surface area (Å²) in [4.78, 5) is 11.5. The van der Waals surface area contributed by atoms with Gasteiger partial charge in [0.2, 0.25) is 0 Å². The highest BCUT2D eigenvalue weighted by atomic mass is 32.2. The molecule has 1 aromatic rings. The van der Waals surface area contributed by atoms with Gasteiger partial charge in [-0.25, -0.2) is 0 Å². The number of ketones is 1. The SMILES string of the molecule is CSCC(=O)Cc1cc(C)cc(C(F)(F)F)c1N. The van der Waals surface area contributed by atoms with Crippen molar-refractivity contribution in [1.82, 2.24) is 0 Å². The molecule has 100 valence electrons. The maximum absolute atomic E-state index is 12.7. The fourth-order valence-corrected chi connectivity index (χ4v) is 2.10. The first kappa shape index (κ1) is 14.9. The largest absolute Gasteiger partial charge is 0.418 e. The van der Waals surface area contributed by atoms with Crippen LogP contribution < -0.4 is 5.73 Å². The summed E-state index contributed by atoms with van der Waals surface area (Å²) in [6.07, 6.45) is -2.79. The lowest BCUT2D eigenvalue weighted by Gasteiger charge is -2.14. The van der Waals surface area contributed by atoms with Crippen LogP contribution in [0.2, 0.25) is 0 Å². The Labute approximate surface area is 108 Å². The van der Waals surface area contributed by atoms with Crippen molar-refractivity contribution in [3.8, 4) is 0 Å². The number of Topliss-reactive ketones (excluding diaryl/α,β-unsaturated/α-hetero) is 1. The summed E-state index contributed by atoms with van der Waals surface area (Å²) in [7, 11) is 0. The molecule has 0 radical (unpaired) electrons. The van der Waals surface area contributed by atoms with Crippen LogP contribution in [0.25, 0.3) is 0 Å². The number of benzene rings is 1. The summed E-state index contributed by atoms with van der Waals surface area (Å²) in [5.74, 6) is 0.141. The monoisotopic (exact) mass is 277 g/mol. The van der Waals surface area contributed by atoms with Crippen LogP contribution in [-0.4, -0.2) is 17.8 Å². The minimum Gasteiger partial charge on any atom is -0.398 e. The highest BCUT2D eigenvalue weighted by Gasteiger charge is 2.34. The van der Waals surface area contributed by atoms with Gasteiger partial charge in [0.05, 0.1) is 11.3 Å². The van der Waals surface area contributed by atoms with Crippen molar-refractivity contribution in [2.45, 2.75) is 19.5 Å². The molecule has 0 saturated carbocycles. The van der Waals surface area contributed by atoms with Crippen molar-refractivity contribution in [3.63, 3.8) is 0 Å². The van der Waals surface area contributed by atoms with E-state index < -0.39 is 11.7 Å². The lowest BCUT2D eigenvalue weighted by Crippen LogP contribution is -2.14. The summed E-state index contributed by atoms with van der Waals surface area (Å²) in [6.45, 7) is 1.55. The molecular weight excluding hydrogens is 263 g/mol. The number of alkyl halides is 3. The van der Waals surface area contributed by atoms with E-state index in [1.165, 1.54) is 17.8 Å². The van der Waals surface area contributed by atoms with Gasteiger partial charge in [0.15, 0.2) is 0 Å². The van der Waals surface area contributed by atoms with Crippen LogP contribution in [0, 0.1) is 6.92 Å². The molecule has 0 aliphatic carbocycles. The summed E-state index contributed by atoms with van der Waals surface area (Å²) in [6, 6.07) is 2.53. The van der Waals surface area contributed by atoms with Crippen molar-refractivity contribution >= 4 is 23.2 Å². The second-order valence-corrected chi connectivity index (χ2v) is 4.90. The van der Waals surface area contributed by atoms with E-state index in [0.29, 0.717) is 5.56 Å². The molecule has 2 nitrogen and oxygen atoms in total. The first-order valence-electron chi connectivity index (χ1n) is 5.22. The second-order valence-electron chi connectivity index (χ2n) is 4.03. The zero-order valence-corrected chi connectivity index (χ0v) is 10.9. The highest BCUT2D eigenvalue weighted by molar-refractivity contribution is 7.99.